The Balaban J connectivity index is 3.77. The number of carbonyl (C=O) groups excluding carboxylic acids is 1. The van der Waals surface area contributed by atoms with Crippen LogP contribution in [0.4, 0.5) is 0 Å². The van der Waals surface area contributed by atoms with Gasteiger partial charge in [-0.25, -0.2) is 0 Å². The van der Waals surface area contributed by atoms with Crippen LogP contribution in [0.15, 0.2) is 0 Å². The minimum Gasteiger partial charge on any atom is -0.389 e. The maximum absolute atomic E-state index is 10.4. The average molecular weight is 172 g/mol. The highest BCUT2D eigenvalue weighted by Gasteiger charge is 2.26. The topological polar surface area (TPSA) is 37.3 Å². The summed E-state index contributed by atoms with van der Waals surface area (Å²) < 4.78 is 0. The van der Waals surface area contributed by atoms with Gasteiger partial charge in [0, 0.05) is 5.92 Å². The zero-order chi connectivity index (χ0) is 9.61. The van der Waals surface area contributed by atoms with Gasteiger partial charge in [0.05, 0.1) is 5.60 Å². The average Bonchev–Trinajstić information content (AvgIpc) is 2.03. The molecule has 0 saturated carbocycles. The number of aliphatic hydroxyl groups is 1. The Morgan fingerprint density at radius 3 is 2.50 bits per heavy atom. The molecule has 0 spiro atoms. The maximum Gasteiger partial charge on any atom is 0.125 e. The van der Waals surface area contributed by atoms with Gasteiger partial charge < -0.3 is 9.90 Å². The summed E-state index contributed by atoms with van der Waals surface area (Å²) in [4.78, 5) is 10.4. The number of hydrogen-bond acceptors (Lipinski definition) is 2. The monoisotopic (exact) mass is 172 g/mol. The van der Waals surface area contributed by atoms with Crippen LogP contribution in [-0.4, -0.2) is 17.0 Å². The van der Waals surface area contributed by atoms with Crippen LogP contribution in [0.5, 0.6) is 0 Å². The van der Waals surface area contributed by atoms with Crippen LogP contribution in [0.2, 0.25) is 0 Å². The number of rotatable bonds is 6. The second-order valence-electron chi connectivity index (χ2n) is 3.74. The summed E-state index contributed by atoms with van der Waals surface area (Å²) in [7, 11) is 0. The van der Waals surface area contributed by atoms with Crippen LogP contribution in [0.25, 0.3) is 0 Å². The van der Waals surface area contributed by atoms with Crippen LogP contribution in [0.3, 0.4) is 0 Å². The lowest BCUT2D eigenvalue weighted by atomic mass is 9.87. The lowest BCUT2D eigenvalue weighted by Gasteiger charge is -2.26. The van der Waals surface area contributed by atoms with E-state index >= 15 is 0 Å². The first-order chi connectivity index (χ1) is 5.54. The molecule has 0 radical (unpaired) electrons. The Hall–Kier alpha value is -0.370. The fraction of sp³-hybridized carbons (Fsp3) is 0.900. The molecular formula is C10H20O2. The van der Waals surface area contributed by atoms with Crippen LogP contribution in [0.1, 0.15) is 46.5 Å². The zero-order valence-corrected chi connectivity index (χ0v) is 8.34. The molecule has 1 N–H and O–H groups in total. The van der Waals surface area contributed by atoms with E-state index in [2.05, 4.69) is 6.92 Å². The zero-order valence-electron chi connectivity index (χ0n) is 8.34. The van der Waals surface area contributed by atoms with E-state index in [1.165, 1.54) is 0 Å². The van der Waals surface area contributed by atoms with Crippen molar-refractivity contribution in [2.45, 2.75) is 52.1 Å². The van der Waals surface area contributed by atoms with Crippen molar-refractivity contribution in [1.82, 2.24) is 0 Å². The Kier molecular flexibility index (Phi) is 5.14. The van der Waals surface area contributed by atoms with E-state index in [1.807, 2.05) is 0 Å². The highest BCUT2D eigenvalue weighted by molar-refractivity contribution is 5.54. The number of hydrogen-bond donors (Lipinski definition) is 1. The van der Waals surface area contributed by atoms with Crippen molar-refractivity contribution in [3.05, 3.63) is 0 Å². The van der Waals surface area contributed by atoms with Gasteiger partial charge >= 0.3 is 0 Å². The minimum atomic E-state index is -0.809. The molecular weight excluding hydrogens is 152 g/mol. The van der Waals surface area contributed by atoms with Gasteiger partial charge in [0.25, 0.3) is 0 Å². The molecule has 0 rings (SSSR count). The van der Waals surface area contributed by atoms with Crippen molar-refractivity contribution in [3.63, 3.8) is 0 Å². The van der Waals surface area contributed by atoms with E-state index in [1.54, 1.807) is 13.8 Å². The second-order valence-corrected chi connectivity index (χ2v) is 3.74. The molecule has 2 unspecified atom stereocenters. The van der Waals surface area contributed by atoms with E-state index in [9.17, 15) is 9.90 Å². The lowest BCUT2D eigenvalue weighted by Crippen LogP contribution is -2.33. The molecule has 0 aliphatic rings. The maximum atomic E-state index is 10.4. The lowest BCUT2D eigenvalue weighted by molar-refractivity contribution is -0.118. The smallest absolute Gasteiger partial charge is 0.125 e. The molecule has 0 aromatic heterocycles. The van der Waals surface area contributed by atoms with Crippen molar-refractivity contribution < 1.29 is 9.90 Å². The van der Waals surface area contributed by atoms with E-state index in [0.29, 0.717) is 0 Å². The fourth-order valence-corrected chi connectivity index (χ4v) is 1.11. The summed E-state index contributed by atoms with van der Waals surface area (Å²) >= 11 is 0. The quantitative estimate of drug-likeness (QED) is 0.492. The molecule has 2 heteroatoms. The van der Waals surface area contributed by atoms with Gasteiger partial charge in [0.15, 0.2) is 0 Å². The summed E-state index contributed by atoms with van der Waals surface area (Å²) in [5.41, 5.74) is -0.809. The molecule has 2 nitrogen and oxygen atoms in total. The summed E-state index contributed by atoms with van der Waals surface area (Å²) in [6.07, 6.45) is 4.82. The van der Waals surface area contributed by atoms with Crippen molar-refractivity contribution in [1.29, 1.82) is 0 Å². The molecule has 72 valence electrons. The van der Waals surface area contributed by atoms with Gasteiger partial charge in [-0.2, -0.15) is 0 Å². The van der Waals surface area contributed by atoms with Crippen LogP contribution in [0, 0.1) is 5.92 Å². The first kappa shape index (κ1) is 11.6. The molecule has 0 aromatic carbocycles. The number of carbonyl (C=O) groups is 1. The highest BCUT2D eigenvalue weighted by atomic mass is 16.3. The van der Waals surface area contributed by atoms with E-state index < -0.39 is 5.60 Å². The fourth-order valence-electron chi connectivity index (χ4n) is 1.11. The highest BCUT2D eigenvalue weighted by Crippen LogP contribution is 2.21. The van der Waals surface area contributed by atoms with E-state index in [0.717, 1.165) is 32.0 Å². The molecule has 0 heterocycles. The molecule has 0 aliphatic carbocycles. The van der Waals surface area contributed by atoms with Crippen LogP contribution < -0.4 is 0 Å². The summed E-state index contributed by atoms with van der Waals surface area (Å²) in [5, 5.41) is 9.78. The van der Waals surface area contributed by atoms with Crippen molar-refractivity contribution in [2.75, 3.05) is 0 Å². The Morgan fingerprint density at radius 1 is 1.50 bits per heavy atom. The number of aldehydes is 1. The SMILES string of the molecule is CCCCCC(C)(O)C(C)C=O. The molecule has 12 heavy (non-hydrogen) atoms. The molecule has 0 saturated heterocycles. The van der Waals surface area contributed by atoms with Crippen molar-refractivity contribution in [2.24, 2.45) is 5.92 Å². The number of unbranched alkanes of at least 4 members (excludes halogenated alkanes) is 2. The van der Waals surface area contributed by atoms with Gasteiger partial charge in [-0.05, 0) is 13.3 Å². The largest absolute Gasteiger partial charge is 0.389 e. The Morgan fingerprint density at radius 2 is 2.08 bits per heavy atom. The normalized spacial score (nSPS) is 18.3. The van der Waals surface area contributed by atoms with E-state index in [4.69, 9.17) is 0 Å². The first-order valence-corrected chi connectivity index (χ1v) is 4.72. The summed E-state index contributed by atoms with van der Waals surface area (Å²) in [6.45, 7) is 5.62. The summed E-state index contributed by atoms with van der Waals surface area (Å²) in [5.74, 6) is -0.255. The third-order valence-corrected chi connectivity index (χ3v) is 2.47. The molecule has 0 bridgehead atoms. The van der Waals surface area contributed by atoms with Crippen LogP contribution >= 0.6 is 0 Å². The third kappa shape index (κ3) is 3.86. The molecule has 0 aliphatic heterocycles. The Bertz CT molecular complexity index is 130. The third-order valence-electron chi connectivity index (χ3n) is 2.47. The van der Waals surface area contributed by atoms with Crippen LogP contribution in [-0.2, 0) is 4.79 Å². The molecule has 0 fully saturated rings. The molecule has 0 amide bonds. The van der Waals surface area contributed by atoms with E-state index in [-0.39, 0.29) is 5.92 Å². The van der Waals surface area contributed by atoms with Crippen molar-refractivity contribution >= 4 is 6.29 Å². The first-order valence-electron chi connectivity index (χ1n) is 4.72. The van der Waals surface area contributed by atoms with Gasteiger partial charge in [-0.3, -0.25) is 0 Å². The predicted molar refractivity (Wildman–Crippen MR) is 50.0 cm³/mol. The van der Waals surface area contributed by atoms with Crippen molar-refractivity contribution in [3.8, 4) is 0 Å². The Labute approximate surface area is 75.0 Å². The van der Waals surface area contributed by atoms with Gasteiger partial charge in [-0.1, -0.05) is 33.1 Å². The van der Waals surface area contributed by atoms with Gasteiger partial charge in [0.2, 0.25) is 0 Å². The summed E-state index contributed by atoms with van der Waals surface area (Å²) in [6, 6.07) is 0. The molecule has 2 atom stereocenters. The minimum absolute atomic E-state index is 0.255. The predicted octanol–water partition coefficient (Wildman–Crippen LogP) is 2.15. The standard InChI is InChI=1S/C10H20O2/c1-4-5-6-7-10(3,12)9(2)8-11/h8-9,12H,4-7H2,1-3H3. The second kappa shape index (κ2) is 5.31. The molecule has 0 aromatic rings. The van der Waals surface area contributed by atoms with Gasteiger partial charge in [0.1, 0.15) is 6.29 Å². The van der Waals surface area contributed by atoms with Gasteiger partial charge in [-0.15, -0.1) is 0 Å².